The first kappa shape index (κ1) is 17.6. The third kappa shape index (κ3) is 13.2. The molecule has 96 valence electrons. The molecule has 0 rings (SSSR count). The van der Waals surface area contributed by atoms with Crippen LogP contribution in [-0.4, -0.2) is 53.6 Å². The topological polar surface area (TPSA) is 98.7 Å². The van der Waals surface area contributed by atoms with E-state index in [-0.39, 0.29) is 12.6 Å². The summed E-state index contributed by atoms with van der Waals surface area (Å²) in [5.41, 5.74) is 0. The van der Waals surface area contributed by atoms with Gasteiger partial charge in [0.25, 0.3) is 0 Å². The van der Waals surface area contributed by atoms with E-state index in [1.165, 1.54) is 0 Å². The van der Waals surface area contributed by atoms with E-state index in [1.807, 2.05) is 13.8 Å². The van der Waals surface area contributed by atoms with Crippen molar-refractivity contribution < 1.29 is 19.8 Å². The van der Waals surface area contributed by atoms with Crippen LogP contribution in [0.3, 0.4) is 0 Å². The maximum atomic E-state index is 10.1. The maximum Gasteiger partial charge on any atom is 0.321 e. The highest BCUT2D eigenvalue weighted by molar-refractivity contribution is 7.80. The molecule has 0 saturated heterocycles. The lowest BCUT2D eigenvalue weighted by molar-refractivity contribution is -0.139. The van der Waals surface area contributed by atoms with E-state index in [9.17, 15) is 9.59 Å². The normalized spacial score (nSPS) is 11.6. The fraction of sp³-hybridized carbons (Fsp3) is 0.778. The Kier molecular flexibility index (Phi) is 11.8. The van der Waals surface area contributed by atoms with Crippen LogP contribution in [0.2, 0.25) is 0 Å². The average Bonchev–Trinajstić information content (AvgIpc) is 2.17. The van der Waals surface area contributed by atoms with Gasteiger partial charge in [0.2, 0.25) is 0 Å². The van der Waals surface area contributed by atoms with Crippen molar-refractivity contribution in [1.29, 1.82) is 0 Å². The lowest BCUT2D eigenvalue weighted by atomic mass is 10.3. The van der Waals surface area contributed by atoms with Crippen LogP contribution in [0, 0.1) is 0 Å². The summed E-state index contributed by atoms with van der Waals surface area (Å²) in [6, 6.07) is -0.260. The second-order valence-electron chi connectivity index (χ2n) is 3.29. The number of hydrogen-bond acceptors (Lipinski definition) is 5. The van der Waals surface area contributed by atoms with Gasteiger partial charge in [-0.2, -0.15) is 12.6 Å². The van der Waals surface area contributed by atoms with Crippen molar-refractivity contribution in [3.8, 4) is 0 Å². The summed E-state index contributed by atoms with van der Waals surface area (Å²) in [4.78, 5) is 19.9. The predicted molar refractivity (Wildman–Crippen MR) is 65.1 cm³/mol. The van der Waals surface area contributed by atoms with E-state index in [0.717, 1.165) is 0 Å². The van der Waals surface area contributed by atoms with Gasteiger partial charge in [-0.05, 0) is 7.05 Å². The second-order valence-corrected chi connectivity index (χ2v) is 3.66. The standard InChI is InChI=1S/C5H11NO2.C4H9NO2S/c1-4(2)6-3-5(7)8;1-5-3(2-8)4(6)7/h4,6H,3H2,1-2H3,(H,7,8);3,5,8H,2H2,1H3,(H,6,7). The van der Waals surface area contributed by atoms with Gasteiger partial charge in [0.1, 0.15) is 6.04 Å². The van der Waals surface area contributed by atoms with Gasteiger partial charge in [0, 0.05) is 11.8 Å². The highest BCUT2D eigenvalue weighted by atomic mass is 32.1. The molecule has 0 aromatic carbocycles. The molecule has 0 spiro atoms. The average molecular weight is 252 g/mol. The molecule has 0 aliphatic rings. The van der Waals surface area contributed by atoms with E-state index in [0.29, 0.717) is 5.75 Å². The number of nitrogens with one attached hydrogen (secondary N) is 2. The summed E-state index contributed by atoms with van der Waals surface area (Å²) < 4.78 is 0. The molecule has 6 nitrogen and oxygen atoms in total. The Balaban J connectivity index is 0. The zero-order valence-corrected chi connectivity index (χ0v) is 10.6. The van der Waals surface area contributed by atoms with E-state index in [2.05, 4.69) is 23.3 Å². The smallest absolute Gasteiger partial charge is 0.321 e. The van der Waals surface area contributed by atoms with Crippen LogP contribution in [-0.2, 0) is 9.59 Å². The minimum atomic E-state index is -0.859. The third-order valence-electron chi connectivity index (χ3n) is 1.49. The fourth-order valence-corrected chi connectivity index (χ4v) is 0.923. The SMILES string of the molecule is CC(C)NCC(=O)O.CNC(CS)C(=O)O. The molecule has 4 N–H and O–H groups in total. The van der Waals surface area contributed by atoms with Crippen LogP contribution in [0.5, 0.6) is 0 Å². The van der Waals surface area contributed by atoms with Crippen molar-refractivity contribution in [1.82, 2.24) is 10.6 Å². The van der Waals surface area contributed by atoms with Crippen LogP contribution in [0.25, 0.3) is 0 Å². The van der Waals surface area contributed by atoms with Gasteiger partial charge in [-0.25, -0.2) is 0 Å². The molecule has 0 bridgehead atoms. The Morgan fingerprint density at radius 2 is 1.81 bits per heavy atom. The van der Waals surface area contributed by atoms with Gasteiger partial charge in [-0.1, -0.05) is 13.8 Å². The van der Waals surface area contributed by atoms with E-state index in [1.54, 1.807) is 7.05 Å². The highest BCUT2D eigenvalue weighted by Crippen LogP contribution is 1.84. The van der Waals surface area contributed by atoms with Crippen molar-refractivity contribution >= 4 is 24.6 Å². The molecule has 0 radical (unpaired) electrons. The van der Waals surface area contributed by atoms with Crippen molar-refractivity contribution in [2.45, 2.75) is 25.9 Å². The molecule has 0 amide bonds. The zero-order chi connectivity index (χ0) is 13.1. The van der Waals surface area contributed by atoms with Gasteiger partial charge in [0.15, 0.2) is 0 Å². The number of hydrogen-bond donors (Lipinski definition) is 5. The molecule has 16 heavy (non-hydrogen) atoms. The fourth-order valence-electron chi connectivity index (χ4n) is 0.584. The number of likely N-dealkylation sites (N-methyl/N-ethyl adjacent to an activating group) is 1. The van der Waals surface area contributed by atoms with E-state index >= 15 is 0 Å². The summed E-state index contributed by atoms with van der Waals surface area (Å²) in [5.74, 6) is -1.34. The van der Waals surface area contributed by atoms with Crippen molar-refractivity contribution in [3.05, 3.63) is 0 Å². The Morgan fingerprint density at radius 3 is 1.88 bits per heavy atom. The molecule has 0 aliphatic carbocycles. The second kappa shape index (κ2) is 10.7. The first-order valence-electron chi connectivity index (χ1n) is 4.81. The van der Waals surface area contributed by atoms with Crippen LogP contribution in [0.1, 0.15) is 13.8 Å². The monoisotopic (exact) mass is 252 g/mol. The minimum Gasteiger partial charge on any atom is -0.480 e. The Morgan fingerprint density at radius 1 is 1.31 bits per heavy atom. The number of thiol groups is 1. The van der Waals surface area contributed by atoms with Crippen molar-refractivity contribution in [2.24, 2.45) is 0 Å². The Bertz CT molecular complexity index is 208. The molecular formula is C9H20N2O4S. The predicted octanol–water partition coefficient (Wildman–Crippen LogP) is -0.342. The van der Waals surface area contributed by atoms with Gasteiger partial charge in [-0.3, -0.25) is 9.59 Å². The largest absolute Gasteiger partial charge is 0.480 e. The first-order chi connectivity index (χ1) is 7.34. The van der Waals surface area contributed by atoms with Gasteiger partial charge >= 0.3 is 11.9 Å². The molecule has 0 heterocycles. The number of rotatable bonds is 6. The number of carboxylic acid groups (broad SMARTS) is 2. The van der Waals surface area contributed by atoms with Crippen LogP contribution < -0.4 is 10.6 Å². The molecule has 0 saturated carbocycles. The summed E-state index contributed by atoms with van der Waals surface area (Å²) in [5, 5.41) is 21.7. The molecule has 0 aromatic rings. The Labute approximate surface area is 101 Å². The maximum absolute atomic E-state index is 10.1. The van der Waals surface area contributed by atoms with Crippen molar-refractivity contribution in [2.75, 3.05) is 19.3 Å². The van der Waals surface area contributed by atoms with Gasteiger partial charge < -0.3 is 20.8 Å². The highest BCUT2D eigenvalue weighted by Gasteiger charge is 2.10. The third-order valence-corrected chi connectivity index (χ3v) is 1.86. The Hall–Kier alpha value is -0.790. The first-order valence-corrected chi connectivity index (χ1v) is 5.44. The van der Waals surface area contributed by atoms with E-state index in [4.69, 9.17) is 10.2 Å². The summed E-state index contributed by atoms with van der Waals surface area (Å²) in [7, 11) is 1.59. The molecular weight excluding hydrogens is 232 g/mol. The molecule has 1 atom stereocenters. The van der Waals surface area contributed by atoms with Crippen molar-refractivity contribution in [3.63, 3.8) is 0 Å². The lowest BCUT2D eigenvalue weighted by Gasteiger charge is -2.04. The summed E-state index contributed by atoms with van der Waals surface area (Å²) in [6.45, 7) is 3.86. The molecule has 0 aromatic heterocycles. The quantitative estimate of drug-likeness (QED) is 0.415. The number of carboxylic acids is 2. The molecule has 1 unspecified atom stereocenters. The van der Waals surface area contributed by atoms with Crippen LogP contribution in [0.15, 0.2) is 0 Å². The van der Waals surface area contributed by atoms with E-state index < -0.39 is 18.0 Å². The van der Waals surface area contributed by atoms with Gasteiger partial charge in [-0.15, -0.1) is 0 Å². The summed E-state index contributed by atoms with van der Waals surface area (Å²) >= 11 is 3.79. The summed E-state index contributed by atoms with van der Waals surface area (Å²) in [6.07, 6.45) is 0. The number of aliphatic carboxylic acids is 2. The van der Waals surface area contributed by atoms with Crippen LogP contribution in [0.4, 0.5) is 0 Å². The van der Waals surface area contributed by atoms with Gasteiger partial charge in [0.05, 0.1) is 6.54 Å². The van der Waals surface area contributed by atoms with Crippen LogP contribution >= 0.6 is 12.6 Å². The molecule has 0 fully saturated rings. The minimum absolute atomic E-state index is 0.0532. The molecule has 0 aliphatic heterocycles. The molecule has 7 heteroatoms. The lowest BCUT2D eigenvalue weighted by Crippen LogP contribution is -2.35. The zero-order valence-electron chi connectivity index (χ0n) is 9.73. The number of carbonyl (C=O) groups is 2.